The van der Waals surface area contributed by atoms with Crippen LogP contribution in [0.1, 0.15) is 42.9 Å². The van der Waals surface area contributed by atoms with E-state index >= 15 is 0 Å². The number of hydrogen-bond donors (Lipinski definition) is 0. The maximum atomic E-state index is 13.6. The highest BCUT2D eigenvalue weighted by molar-refractivity contribution is 6.32. The van der Waals surface area contributed by atoms with Gasteiger partial charge in [-0.05, 0) is 37.5 Å². The largest absolute Gasteiger partial charge is 0.337 e. The molecule has 2 aromatic carbocycles. The summed E-state index contributed by atoms with van der Waals surface area (Å²) >= 11 is 6.46. The Morgan fingerprint density at radius 3 is 2.58 bits per heavy atom. The molecule has 2 aromatic heterocycles. The molecule has 6 nitrogen and oxygen atoms in total. The van der Waals surface area contributed by atoms with E-state index in [4.69, 9.17) is 11.6 Å². The number of nitrogens with zero attached hydrogens (tertiary/aromatic N) is 4. The molecule has 5 rings (SSSR count). The molecule has 0 spiro atoms. The Kier molecular flexibility index (Phi) is 5.02. The molecule has 0 radical (unpaired) electrons. The second kappa shape index (κ2) is 7.85. The van der Waals surface area contributed by atoms with Crippen molar-refractivity contribution in [1.82, 2.24) is 18.7 Å². The number of rotatable bonds is 4. The number of fused-ring (bicyclic) bond motifs is 1. The van der Waals surface area contributed by atoms with Gasteiger partial charge in [0.2, 0.25) is 0 Å². The Morgan fingerprint density at radius 2 is 1.84 bits per heavy atom. The van der Waals surface area contributed by atoms with Crippen molar-refractivity contribution in [3.05, 3.63) is 91.8 Å². The number of imidazole rings is 1. The number of para-hydroxylation sites is 1. The van der Waals surface area contributed by atoms with Gasteiger partial charge in [0.05, 0.1) is 17.0 Å². The normalized spacial score (nSPS) is 14.5. The fourth-order valence-corrected chi connectivity index (χ4v) is 4.84. The van der Waals surface area contributed by atoms with Crippen LogP contribution in [0.3, 0.4) is 0 Å². The Hall–Kier alpha value is -3.12. The summed E-state index contributed by atoms with van der Waals surface area (Å²) in [5.41, 5.74) is 2.86. The van der Waals surface area contributed by atoms with E-state index in [1.165, 1.54) is 9.13 Å². The van der Waals surface area contributed by atoms with Gasteiger partial charge in [-0.3, -0.25) is 9.36 Å². The van der Waals surface area contributed by atoms with E-state index < -0.39 is 0 Å². The van der Waals surface area contributed by atoms with Crippen molar-refractivity contribution < 1.29 is 0 Å². The molecule has 0 amide bonds. The molecule has 0 aliphatic heterocycles. The fraction of sp³-hybridized carbons (Fsp3) is 0.292. The van der Waals surface area contributed by atoms with Gasteiger partial charge in [0.15, 0.2) is 11.2 Å². The van der Waals surface area contributed by atoms with Crippen molar-refractivity contribution in [2.24, 2.45) is 0 Å². The van der Waals surface area contributed by atoms with Crippen LogP contribution in [-0.2, 0) is 6.54 Å². The third-order valence-corrected chi connectivity index (χ3v) is 6.39. The molecule has 0 N–H and O–H groups in total. The van der Waals surface area contributed by atoms with E-state index in [-0.39, 0.29) is 17.3 Å². The van der Waals surface area contributed by atoms with Gasteiger partial charge in [0, 0.05) is 12.6 Å². The summed E-state index contributed by atoms with van der Waals surface area (Å²) in [5.74, 6) is 0. The van der Waals surface area contributed by atoms with Crippen LogP contribution >= 0.6 is 11.6 Å². The number of hydrogen-bond acceptors (Lipinski definition) is 3. The molecule has 4 aromatic rings. The van der Waals surface area contributed by atoms with Gasteiger partial charge in [0.25, 0.3) is 5.56 Å². The molecule has 0 atom stereocenters. The van der Waals surface area contributed by atoms with E-state index in [0.29, 0.717) is 28.4 Å². The van der Waals surface area contributed by atoms with E-state index in [2.05, 4.69) is 11.1 Å². The molecule has 7 heteroatoms. The van der Waals surface area contributed by atoms with Crippen molar-refractivity contribution in [2.45, 2.75) is 45.2 Å². The predicted octanol–water partition coefficient (Wildman–Crippen LogP) is 4.47. The van der Waals surface area contributed by atoms with Crippen LogP contribution in [0.5, 0.6) is 0 Å². The number of halogens is 1. The average molecular weight is 435 g/mol. The van der Waals surface area contributed by atoms with E-state index in [0.717, 1.165) is 36.8 Å². The monoisotopic (exact) mass is 434 g/mol. The first-order chi connectivity index (χ1) is 15.0. The molecule has 0 unspecified atom stereocenters. The summed E-state index contributed by atoms with van der Waals surface area (Å²) in [6.45, 7) is 2.54. The predicted molar refractivity (Wildman–Crippen MR) is 122 cm³/mol. The van der Waals surface area contributed by atoms with Crippen LogP contribution in [0.2, 0.25) is 5.02 Å². The minimum atomic E-state index is -0.377. The standard InChI is InChI=1S/C24H23ClN4O2/c1-16-7-6-8-17(13-16)14-27-15-26-22-21(27)23(30)28(18-9-2-3-10-18)24(31)29(22)20-12-5-4-11-19(20)25/h4-8,11-13,15,18H,2-3,9-10,14H2,1H3. The van der Waals surface area contributed by atoms with Crippen LogP contribution in [-0.4, -0.2) is 18.7 Å². The Bertz CT molecular complexity index is 1390. The van der Waals surface area contributed by atoms with Gasteiger partial charge in [-0.15, -0.1) is 0 Å². The van der Waals surface area contributed by atoms with Crippen molar-refractivity contribution in [1.29, 1.82) is 0 Å². The summed E-state index contributed by atoms with van der Waals surface area (Å²) in [4.78, 5) is 31.7. The van der Waals surface area contributed by atoms with E-state index in [9.17, 15) is 9.59 Å². The molecule has 1 aliphatic rings. The minimum Gasteiger partial charge on any atom is -0.320 e. The summed E-state index contributed by atoms with van der Waals surface area (Å²) in [6, 6.07) is 15.2. The maximum absolute atomic E-state index is 13.6. The average Bonchev–Trinajstić information content (AvgIpc) is 3.40. The van der Waals surface area contributed by atoms with Gasteiger partial charge in [-0.25, -0.2) is 14.3 Å². The first-order valence-electron chi connectivity index (χ1n) is 10.6. The quantitative estimate of drug-likeness (QED) is 0.476. The molecular weight excluding hydrogens is 412 g/mol. The van der Waals surface area contributed by atoms with Crippen LogP contribution in [0, 0.1) is 6.92 Å². The van der Waals surface area contributed by atoms with Crippen molar-refractivity contribution >= 4 is 22.8 Å². The highest BCUT2D eigenvalue weighted by Gasteiger charge is 2.26. The topological polar surface area (TPSA) is 61.8 Å². The lowest BCUT2D eigenvalue weighted by molar-refractivity contribution is 0.474. The Balaban J connectivity index is 1.80. The van der Waals surface area contributed by atoms with E-state index in [1.54, 1.807) is 18.5 Å². The summed E-state index contributed by atoms with van der Waals surface area (Å²) in [7, 11) is 0. The molecule has 1 fully saturated rings. The second-order valence-corrected chi connectivity index (χ2v) is 8.62. The van der Waals surface area contributed by atoms with Crippen molar-refractivity contribution in [3.8, 4) is 5.69 Å². The Morgan fingerprint density at radius 1 is 1.06 bits per heavy atom. The minimum absolute atomic E-state index is 0.0968. The third kappa shape index (κ3) is 3.41. The number of aromatic nitrogens is 4. The second-order valence-electron chi connectivity index (χ2n) is 8.22. The zero-order valence-corrected chi connectivity index (χ0v) is 18.0. The van der Waals surface area contributed by atoms with Gasteiger partial charge in [0.1, 0.15) is 0 Å². The first kappa shape index (κ1) is 19.8. The summed E-state index contributed by atoms with van der Waals surface area (Å²) in [5, 5.41) is 0.441. The molecular formula is C24H23ClN4O2. The van der Waals surface area contributed by atoms with Crippen molar-refractivity contribution in [2.75, 3.05) is 0 Å². The number of benzene rings is 2. The SMILES string of the molecule is Cc1cccc(Cn2cnc3c2c(=O)n(C2CCCC2)c(=O)n3-c2ccccc2Cl)c1. The zero-order valence-electron chi connectivity index (χ0n) is 17.3. The molecule has 0 saturated heterocycles. The molecule has 158 valence electrons. The lowest BCUT2D eigenvalue weighted by Gasteiger charge is -2.17. The zero-order chi connectivity index (χ0) is 21.5. The molecule has 1 aliphatic carbocycles. The maximum Gasteiger partial charge on any atom is 0.337 e. The van der Waals surface area contributed by atoms with Crippen LogP contribution in [0.4, 0.5) is 0 Å². The smallest absolute Gasteiger partial charge is 0.320 e. The van der Waals surface area contributed by atoms with Crippen LogP contribution in [0.15, 0.2) is 64.4 Å². The lowest BCUT2D eigenvalue weighted by Crippen LogP contribution is -2.42. The number of aryl methyl sites for hydroxylation is 1. The molecule has 1 saturated carbocycles. The van der Waals surface area contributed by atoms with Crippen LogP contribution in [0.25, 0.3) is 16.9 Å². The molecule has 0 bridgehead atoms. The molecule has 31 heavy (non-hydrogen) atoms. The molecule has 2 heterocycles. The Labute approximate surface area is 184 Å². The van der Waals surface area contributed by atoms with Crippen LogP contribution < -0.4 is 11.2 Å². The summed E-state index contributed by atoms with van der Waals surface area (Å²) < 4.78 is 4.75. The highest BCUT2D eigenvalue weighted by atomic mass is 35.5. The van der Waals surface area contributed by atoms with E-state index in [1.807, 2.05) is 41.8 Å². The highest BCUT2D eigenvalue weighted by Crippen LogP contribution is 2.28. The fourth-order valence-electron chi connectivity index (χ4n) is 4.61. The van der Waals surface area contributed by atoms with Crippen molar-refractivity contribution in [3.63, 3.8) is 0 Å². The van der Waals surface area contributed by atoms with Gasteiger partial charge < -0.3 is 4.57 Å². The third-order valence-electron chi connectivity index (χ3n) is 6.07. The lowest BCUT2D eigenvalue weighted by atomic mass is 10.1. The first-order valence-corrected chi connectivity index (χ1v) is 11.0. The van der Waals surface area contributed by atoms with Gasteiger partial charge >= 0.3 is 5.69 Å². The van der Waals surface area contributed by atoms with Gasteiger partial charge in [-0.1, -0.05) is 66.4 Å². The van der Waals surface area contributed by atoms with Gasteiger partial charge in [-0.2, -0.15) is 0 Å². The summed E-state index contributed by atoms with van der Waals surface area (Å²) in [6.07, 6.45) is 5.33.